The van der Waals surface area contributed by atoms with Crippen molar-refractivity contribution in [2.75, 3.05) is 4.90 Å². The fourth-order valence-corrected chi connectivity index (χ4v) is 4.14. The van der Waals surface area contributed by atoms with Gasteiger partial charge in [-0.2, -0.15) is 0 Å². The number of aryl methyl sites for hydroxylation is 2. The number of benzene rings is 2. The Kier molecular flexibility index (Phi) is 5.24. The van der Waals surface area contributed by atoms with Gasteiger partial charge in [0.1, 0.15) is 0 Å². The van der Waals surface area contributed by atoms with Crippen molar-refractivity contribution in [1.82, 2.24) is 9.97 Å². The molecule has 1 amide bonds. The molecule has 0 aliphatic carbocycles. The third-order valence-electron chi connectivity index (χ3n) is 4.84. The lowest BCUT2D eigenvalue weighted by molar-refractivity contribution is -0.384. The quantitative estimate of drug-likeness (QED) is 0.334. The van der Waals surface area contributed by atoms with E-state index in [1.165, 1.54) is 29.5 Å². The monoisotopic (exact) mass is 418 g/mol. The molecule has 2 aromatic heterocycles. The number of nitrogens with zero attached hydrogens (tertiary/aromatic N) is 4. The van der Waals surface area contributed by atoms with Crippen LogP contribution in [0, 0.1) is 24.0 Å². The Balaban J connectivity index is 1.79. The molecular weight excluding hydrogens is 400 g/mol. The molecule has 0 bridgehead atoms. The molecule has 0 aliphatic heterocycles. The maximum Gasteiger partial charge on any atom is 0.270 e. The van der Waals surface area contributed by atoms with Gasteiger partial charge in [0.15, 0.2) is 5.13 Å². The van der Waals surface area contributed by atoms with E-state index in [-0.39, 0.29) is 23.7 Å². The molecule has 0 fully saturated rings. The highest BCUT2D eigenvalue weighted by Crippen LogP contribution is 2.32. The van der Waals surface area contributed by atoms with E-state index in [1.807, 2.05) is 26.0 Å². The average Bonchev–Trinajstić information content (AvgIpc) is 3.15. The molecule has 0 aliphatic rings. The van der Waals surface area contributed by atoms with E-state index in [1.54, 1.807) is 29.4 Å². The molecule has 0 atom stereocenters. The molecule has 2 aromatic carbocycles. The second-order valence-electron chi connectivity index (χ2n) is 6.96. The van der Waals surface area contributed by atoms with Crippen molar-refractivity contribution >= 4 is 38.3 Å². The summed E-state index contributed by atoms with van der Waals surface area (Å²) in [7, 11) is 0. The number of hydrogen-bond acceptors (Lipinski definition) is 6. The molecule has 8 heteroatoms. The van der Waals surface area contributed by atoms with Crippen LogP contribution in [0.4, 0.5) is 10.8 Å². The molecule has 0 N–H and O–H groups in total. The van der Waals surface area contributed by atoms with Gasteiger partial charge in [0.25, 0.3) is 11.6 Å². The molecule has 4 aromatic rings. The lowest BCUT2D eigenvalue weighted by atomic mass is 10.1. The molecule has 2 heterocycles. The minimum absolute atomic E-state index is 0.127. The van der Waals surface area contributed by atoms with Crippen LogP contribution in [-0.4, -0.2) is 20.8 Å². The van der Waals surface area contributed by atoms with Gasteiger partial charge >= 0.3 is 0 Å². The molecule has 30 heavy (non-hydrogen) atoms. The summed E-state index contributed by atoms with van der Waals surface area (Å²) in [5.41, 5.74) is 4.05. The van der Waals surface area contributed by atoms with Crippen LogP contribution in [0.25, 0.3) is 10.2 Å². The minimum Gasteiger partial charge on any atom is -0.279 e. The number of fused-ring (bicyclic) bond motifs is 1. The van der Waals surface area contributed by atoms with Gasteiger partial charge in [0.2, 0.25) is 0 Å². The van der Waals surface area contributed by atoms with Gasteiger partial charge in [0, 0.05) is 30.1 Å². The second kappa shape index (κ2) is 8.00. The summed E-state index contributed by atoms with van der Waals surface area (Å²) in [6.07, 6.45) is 3.36. The van der Waals surface area contributed by atoms with Gasteiger partial charge in [-0.1, -0.05) is 23.5 Å². The van der Waals surface area contributed by atoms with E-state index in [9.17, 15) is 14.9 Å². The standard InChI is InChI=1S/C22H18N4O3S/c1-14-9-19-20(10-15(14)2)30-22(24-19)25(13-16-5-4-8-23-12-16)21(27)17-6-3-7-18(11-17)26(28)29/h3-12H,13H2,1-2H3. The summed E-state index contributed by atoms with van der Waals surface area (Å²) in [6, 6.07) is 13.5. The summed E-state index contributed by atoms with van der Waals surface area (Å²) < 4.78 is 0.983. The van der Waals surface area contributed by atoms with Crippen LogP contribution >= 0.6 is 11.3 Å². The molecule has 0 spiro atoms. The third-order valence-corrected chi connectivity index (χ3v) is 5.88. The van der Waals surface area contributed by atoms with Gasteiger partial charge in [-0.15, -0.1) is 0 Å². The van der Waals surface area contributed by atoms with Crippen LogP contribution < -0.4 is 4.90 Å². The molecule has 0 saturated heterocycles. The lowest BCUT2D eigenvalue weighted by Gasteiger charge is -2.20. The summed E-state index contributed by atoms with van der Waals surface area (Å²) in [5, 5.41) is 11.7. The van der Waals surface area contributed by atoms with E-state index < -0.39 is 4.92 Å². The van der Waals surface area contributed by atoms with Crippen molar-refractivity contribution in [2.24, 2.45) is 0 Å². The lowest BCUT2D eigenvalue weighted by Crippen LogP contribution is -2.30. The number of hydrogen-bond donors (Lipinski definition) is 0. The van der Waals surface area contributed by atoms with Crippen LogP contribution in [0.3, 0.4) is 0 Å². The number of anilines is 1. The Morgan fingerprint density at radius 2 is 1.93 bits per heavy atom. The number of nitro benzene ring substituents is 1. The van der Waals surface area contributed by atoms with E-state index in [2.05, 4.69) is 16.0 Å². The maximum atomic E-state index is 13.4. The number of rotatable bonds is 5. The number of thiazole rings is 1. The number of aromatic nitrogens is 2. The van der Waals surface area contributed by atoms with Crippen LogP contribution in [0.5, 0.6) is 0 Å². The molecule has 0 saturated carbocycles. The Hall–Kier alpha value is -3.65. The summed E-state index contributed by atoms with van der Waals surface area (Å²) in [6.45, 7) is 4.32. The predicted molar refractivity (Wildman–Crippen MR) is 117 cm³/mol. The van der Waals surface area contributed by atoms with Crippen molar-refractivity contribution in [3.8, 4) is 0 Å². The van der Waals surface area contributed by atoms with Gasteiger partial charge in [0.05, 0.1) is 21.7 Å². The van der Waals surface area contributed by atoms with Crippen LogP contribution in [0.2, 0.25) is 0 Å². The predicted octanol–water partition coefficient (Wildman–Crippen LogP) is 5.06. The first kappa shape index (κ1) is 19.7. The summed E-state index contributed by atoms with van der Waals surface area (Å²) >= 11 is 1.42. The Morgan fingerprint density at radius 1 is 1.13 bits per heavy atom. The molecule has 7 nitrogen and oxygen atoms in total. The first-order valence-electron chi connectivity index (χ1n) is 9.25. The second-order valence-corrected chi connectivity index (χ2v) is 7.97. The van der Waals surface area contributed by atoms with Gasteiger partial charge in [-0.3, -0.25) is 24.8 Å². The SMILES string of the molecule is Cc1cc2nc(N(Cc3cccnc3)C(=O)c3cccc([N+](=O)[O-])c3)sc2cc1C. The largest absolute Gasteiger partial charge is 0.279 e. The fraction of sp³-hybridized carbons (Fsp3) is 0.136. The van der Waals surface area contributed by atoms with Gasteiger partial charge in [-0.05, 0) is 54.8 Å². The highest BCUT2D eigenvalue weighted by Gasteiger charge is 2.23. The summed E-state index contributed by atoms with van der Waals surface area (Å²) in [5.74, 6) is -0.352. The number of amides is 1. The minimum atomic E-state index is -0.508. The molecule has 0 radical (unpaired) electrons. The normalized spacial score (nSPS) is 10.9. The van der Waals surface area contributed by atoms with Crippen LogP contribution in [0.15, 0.2) is 60.9 Å². The molecule has 0 unspecified atom stereocenters. The smallest absolute Gasteiger partial charge is 0.270 e. The highest BCUT2D eigenvalue weighted by molar-refractivity contribution is 7.22. The first-order chi connectivity index (χ1) is 14.4. The van der Waals surface area contributed by atoms with Gasteiger partial charge < -0.3 is 0 Å². The number of carbonyl (C=O) groups excluding carboxylic acids is 1. The van der Waals surface area contributed by atoms with Crippen molar-refractivity contribution in [1.29, 1.82) is 0 Å². The zero-order chi connectivity index (χ0) is 21.3. The summed E-state index contributed by atoms with van der Waals surface area (Å²) in [4.78, 5) is 34.4. The van der Waals surface area contributed by atoms with E-state index >= 15 is 0 Å². The van der Waals surface area contributed by atoms with E-state index in [0.29, 0.717) is 5.13 Å². The average molecular weight is 418 g/mol. The van der Waals surface area contributed by atoms with Crippen LogP contribution in [-0.2, 0) is 6.54 Å². The number of pyridine rings is 1. The maximum absolute atomic E-state index is 13.4. The van der Waals surface area contributed by atoms with Crippen molar-refractivity contribution in [3.63, 3.8) is 0 Å². The zero-order valence-corrected chi connectivity index (χ0v) is 17.2. The van der Waals surface area contributed by atoms with Crippen molar-refractivity contribution < 1.29 is 9.72 Å². The third kappa shape index (κ3) is 3.90. The topological polar surface area (TPSA) is 89.2 Å². The van der Waals surface area contributed by atoms with Gasteiger partial charge in [-0.25, -0.2) is 4.98 Å². The number of non-ortho nitro benzene ring substituents is 1. The highest BCUT2D eigenvalue weighted by atomic mass is 32.1. The molecule has 150 valence electrons. The van der Waals surface area contributed by atoms with Crippen molar-refractivity contribution in [3.05, 3.63) is 93.3 Å². The number of nitro groups is 1. The molecular formula is C22H18N4O3S. The van der Waals surface area contributed by atoms with Crippen molar-refractivity contribution in [2.45, 2.75) is 20.4 Å². The molecule has 4 rings (SSSR count). The fourth-order valence-electron chi connectivity index (χ4n) is 3.09. The van der Waals surface area contributed by atoms with E-state index in [0.717, 1.165) is 26.9 Å². The Labute approximate surface area is 176 Å². The Morgan fingerprint density at radius 3 is 2.67 bits per heavy atom. The first-order valence-corrected chi connectivity index (χ1v) is 10.1. The van der Waals surface area contributed by atoms with E-state index in [4.69, 9.17) is 0 Å². The number of carbonyl (C=O) groups is 1. The Bertz CT molecular complexity index is 1210. The zero-order valence-electron chi connectivity index (χ0n) is 16.4. The van der Waals surface area contributed by atoms with Crippen LogP contribution in [0.1, 0.15) is 27.0 Å².